The van der Waals surface area contributed by atoms with Crippen molar-refractivity contribution in [2.24, 2.45) is 11.7 Å². The van der Waals surface area contributed by atoms with Crippen LogP contribution in [0.5, 0.6) is 0 Å². The lowest BCUT2D eigenvalue weighted by Crippen LogP contribution is -2.41. The monoisotopic (exact) mass is 241 g/mol. The fraction of sp³-hybridized carbons (Fsp3) is 0.889. The Balaban J connectivity index is 3.45. The van der Waals surface area contributed by atoms with E-state index in [0.29, 0.717) is 25.4 Å². The van der Waals surface area contributed by atoms with Gasteiger partial charge in [-0.2, -0.15) is 13.2 Å². The van der Waals surface area contributed by atoms with E-state index in [1.54, 1.807) is 5.32 Å². The molecule has 1 atom stereocenters. The Labute approximate surface area is 92.8 Å². The van der Waals surface area contributed by atoms with Crippen LogP contribution in [-0.2, 0) is 0 Å². The van der Waals surface area contributed by atoms with Crippen LogP contribution < -0.4 is 16.4 Å². The molecule has 2 amide bonds. The normalized spacial score (nSPS) is 13.3. The summed E-state index contributed by atoms with van der Waals surface area (Å²) in [6, 6.07) is -0.794. The van der Waals surface area contributed by atoms with Crippen LogP contribution in [0.3, 0.4) is 0 Å². The molecule has 0 aromatic carbocycles. The van der Waals surface area contributed by atoms with Gasteiger partial charge in [0.25, 0.3) is 0 Å². The Morgan fingerprint density at radius 2 is 2.00 bits per heavy atom. The highest BCUT2D eigenvalue weighted by Crippen LogP contribution is 2.11. The number of carbonyl (C=O) groups excluding carboxylic acids is 1. The van der Waals surface area contributed by atoms with E-state index >= 15 is 0 Å². The number of rotatable bonds is 6. The summed E-state index contributed by atoms with van der Waals surface area (Å²) in [4.78, 5) is 10.9. The number of hydrogen-bond donors (Lipinski definition) is 3. The van der Waals surface area contributed by atoms with Crippen LogP contribution in [0.15, 0.2) is 0 Å². The topological polar surface area (TPSA) is 67.1 Å². The molecule has 0 fully saturated rings. The molecule has 0 saturated carbocycles. The van der Waals surface area contributed by atoms with E-state index in [2.05, 4.69) is 5.32 Å². The molecule has 16 heavy (non-hydrogen) atoms. The summed E-state index contributed by atoms with van der Waals surface area (Å²) in [6.45, 7) is 1.59. The molecule has 0 rings (SSSR count). The lowest BCUT2D eigenvalue weighted by Gasteiger charge is -2.11. The maximum atomic E-state index is 11.7. The van der Waals surface area contributed by atoms with Gasteiger partial charge in [-0.05, 0) is 25.3 Å². The molecule has 0 saturated heterocycles. The number of halogens is 3. The first-order valence-corrected chi connectivity index (χ1v) is 5.13. The van der Waals surface area contributed by atoms with Gasteiger partial charge >= 0.3 is 12.2 Å². The molecule has 96 valence electrons. The van der Waals surface area contributed by atoms with Crippen molar-refractivity contribution in [3.05, 3.63) is 0 Å². The summed E-state index contributed by atoms with van der Waals surface area (Å²) in [7, 11) is 0. The first-order chi connectivity index (χ1) is 7.35. The maximum absolute atomic E-state index is 11.7. The van der Waals surface area contributed by atoms with Crippen molar-refractivity contribution in [1.82, 2.24) is 10.6 Å². The largest absolute Gasteiger partial charge is 0.405 e. The van der Waals surface area contributed by atoms with E-state index in [0.717, 1.165) is 6.42 Å². The highest BCUT2D eigenvalue weighted by molar-refractivity contribution is 5.73. The standard InChI is InChI=1S/C9H18F3N3O/c1-7(5-13)3-2-4-14-8(16)15-6-9(10,11)12/h7H,2-6,13H2,1H3,(H2,14,15,16). The first-order valence-electron chi connectivity index (χ1n) is 5.13. The van der Waals surface area contributed by atoms with Gasteiger partial charge in [-0.3, -0.25) is 0 Å². The van der Waals surface area contributed by atoms with Crippen molar-refractivity contribution in [2.75, 3.05) is 19.6 Å². The van der Waals surface area contributed by atoms with Gasteiger partial charge in [0.1, 0.15) is 6.54 Å². The zero-order valence-electron chi connectivity index (χ0n) is 9.23. The lowest BCUT2D eigenvalue weighted by atomic mass is 10.1. The van der Waals surface area contributed by atoms with Gasteiger partial charge in [0.15, 0.2) is 0 Å². The van der Waals surface area contributed by atoms with Gasteiger partial charge in [-0.25, -0.2) is 4.79 Å². The number of urea groups is 1. The molecule has 0 aliphatic carbocycles. The van der Waals surface area contributed by atoms with Crippen molar-refractivity contribution < 1.29 is 18.0 Å². The van der Waals surface area contributed by atoms with Crippen LogP contribution in [0.25, 0.3) is 0 Å². The number of carbonyl (C=O) groups is 1. The molecule has 4 nitrogen and oxygen atoms in total. The molecule has 1 unspecified atom stereocenters. The summed E-state index contributed by atoms with van der Waals surface area (Å²) < 4.78 is 35.1. The maximum Gasteiger partial charge on any atom is 0.405 e. The summed E-state index contributed by atoms with van der Waals surface area (Å²) in [5, 5.41) is 4.07. The number of hydrogen-bond acceptors (Lipinski definition) is 2. The first kappa shape index (κ1) is 15.0. The molecule has 0 aromatic rings. The van der Waals surface area contributed by atoms with Crippen LogP contribution in [-0.4, -0.2) is 31.8 Å². The van der Waals surface area contributed by atoms with E-state index in [4.69, 9.17) is 5.73 Å². The minimum absolute atomic E-state index is 0.355. The molecule has 0 aromatic heterocycles. The third-order valence-electron chi connectivity index (χ3n) is 2.01. The van der Waals surface area contributed by atoms with Gasteiger partial charge < -0.3 is 16.4 Å². The average Bonchev–Trinajstić information content (AvgIpc) is 2.20. The smallest absolute Gasteiger partial charge is 0.338 e. The van der Waals surface area contributed by atoms with E-state index in [-0.39, 0.29) is 0 Å². The Morgan fingerprint density at radius 1 is 1.38 bits per heavy atom. The number of nitrogens with one attached hydrogen (secondary N) is 2. The quantitative estimate of drug-likeness (QED) is 0.612. The molecule has 0 bridgehead atoms. The van der Waals surface area contributed by atoms with Crippen molar-refractivity contribution in [1.29, 1.82) is 0 Å². The molecular formula is C9H18F3N3O. The molecule has 0 heterocycles. The third-order valence-corrected chi connectivity index (χ3v) is 2.01. The Morgan fingerprint density at radius 3 is 2.50 bits per heavy atom. The molecule has 0 radical (unpaired) electrons. The minimum atomic E-state index is -4.37. The van der Waals surface area contributed by atoms with E-state index < -0.39 is 18.8 Å². The molecule has 7 heteroatoms. The van der Waals surface area contributed by atoms with Crippen molar-refractivity contribution >= 4 is 6.03 Å². The zero-order valence-corrected chi connectivity index (χ0v) is 9.23. The second-order valence-electron chi connectivity index (χ2n) is 3.71. The third kappa shape index (κ3) is 9.57. The van der Waals surface area contributed by atoms with Crippen LogP contribution in [0.4, 0.5) is 18.0 Å². The van der Waals surface area contributed by atoms with Gasteiger partial charge in [-0.15, -0.1) is 0 Å². The van der Waals surface area contributed by atoms with E-state index in [1.807, 2.05) is 6.92 Å². The summed E-state index contributed by atoms with van der Waals surface area (Å²) in [6.07, 6.45) is -2.82. The SMILES string of the molecule is CC(CN)CCCNC(=O)NCC(F)(F)F. The molecule has 4 N–H and O–H groups in total. The predicted molar refractivity (Wildman–Crippen MR) is 54.9 cm³/mol. The lowest BCUT2D eigenvalue weighted by molar-refractivity contribution is -0.122. The van der Waals surface area contributed by atoms with Crippen molar-refractivity contribution in [3.8, 4) is 0 Å². The highest BCUT2D eigenvalue weighted by atomic mass is 19.4. The highest BCUT2D eigenvalue weighted by Gasteiger charge is 2.27. The second-order valence-corrected chi connectivity index (χ2v) is 3.71. The Kier molecular flexibility index (Phi) is 6.87. The second kappa shape index (κ2) is 7.32. The van der Waals surface area contributed by atoms with Crippen molar-refractivity contribution in [3.63, 3.8) is 0 Å². The number of alkyl halides is 3. The van der Waals surface area contributed by atoms with Crippen LogP contribution in [0.2, 0.25) is 0 Å². The molecule has 0 aliphatic rings. The molecular weight excluding hydrogens is 223 g/mol. The van der Waals surface area contributed by atoms with Crippen LogP contribution in [0, 0.1) is 5.92 Å². The fourth-order valence-corrected chi connectivity index (χ4v) is 1.01. The summed E-state index contributed by atoms with van der Waals surface area (Å²) in [5.74, 6) is 0.361. The van der Waals surface area contributed by atoms with Crippen LogP contribution in [0.1, 0.15) is 19.8 Å². The number of amides is 2. The zero-order chi connectivity index (χ0) is 12.6. The molecule has 0 spiro atoms. The summed E-state index contributed by atoms with van der Waals surface area (Å²) >= 11 is 0. The van der Waals surface area contributed by atoms with Gasteiger partial charge in [0.2, 0.25) is 0 Å². The van der Waals surface area contributed by atoms with E-state index in [9.17, 15) is 18.0 Å². The average molecular weight is 241 g/mol. The minimum Gasteiger partial charge on any atom is -0.338 e. The Hall–Kier alpha value is -0.980. The Bertz CT molecular complexity index is 209. The van der Waals surface area contributed by atoms with Gasteiger partial charge in [-0.1, -0.05) is 6.92 Å². The van der Waals surface area contributed by atoms with Gasteiger partial charge in [0, 0.05) is 6.54 Å². The summed E-state index contributed by atoms with van der Waals surface area (Å²) in [5.41, 5.74) is 5.38. The van der Waals surface area contributed by atoms with Crippen molar-refractivity contribution in [2.45, 2.75) is 25.9 Å². The van der Waals surface area contributed by atoms with Crippen LogP contribution >= 0.6 is 0 Å². The fourth-order valence-electron chi connectivity index (χ4n) is 1.01. The predicted octanol–water partition coefficient (Wildman–Crippen LogP) is 1.22. The molecule has 0 aliphatic heterocycles. The van der Waals surface area contributed by atoms with E-state index in [1.165, 1.54) is 0 Å². The number of nitrogens with two attached hydrogens (primary N) is 1. The van der Waals surface area contributed by atoms with Gasteiger partial charge in [0.05, 0.1) is 0 Å².